The van der Waals surface area contributed by atoms with E-state index in [4.69, 9.17) is 10.8 Å². The lowest BCUT2D eigenvalue weighted by Crippen LogP contribution is -2.20. The molecular formula is C11H16BrNO. The third-order valence-corrected chi connectivity index (χ3v) is 3.21. The molecule has 1 rings (SSSR count). The van der Waals surface area contributed by atoms with Crippen LogP contribution in [0.3, 0.4) is 0 Å². The van der Waals surface area contributed by atoms with Crippen molar-refractivity contribution in [3.63, 3.8) is 0 Å². The molecule has 0 amide bonds. The summed E-state index contributed by atoms with van der Waals surface area (Å²) >= 11 is 3.49. The molecule has 0 fully saturated rings. The second-order valence-corrected chi connectivity index (χ2v) is 4.43. The first-order valence-corrected chi connectivity index (χ1v) is 5.52. The molecule has 0 saturated heterocycles. The second-order valence-electron chi connectivity index (χ2n) is 3.57. The van der Waals surface area contributed by atoms with Crippen molar-refractivity contribution >= 4 is 15.9 Å². The number of hydrogen-bond donors (Lipinski definition) is 2. The third-order valence-electron chi connectivity index (χ3n) is 2.35. The fraction of sp³-hybridized carbons (Fsp3) is 0.455. The summed E-state index contributed by atoms with van der Waals surface area (Å²) in [4.78, 5) is 0. The highest BCUT2D eigenvalue weighted by molar-refractivity contribution is 9.10. The van der Waals surface area contributed by atoms with Gasteiger partial charge in [0.1, 0.15) is 0 Å². The zero-order chi connectivity index (χ0) is 10.6. The molecule has 0 bridgehead atoms. The van der Waals surface area contributed by atoms with E-state index in [1.165, 1.54) is 11.1 Å². The first kappa shape index (κ1) is 11.7. The zero-order valence-corrected chi connectivity index (χ0v) is 9.92. The molecule has 0 heterocycles. The van der Waals surface area contributed by atoms with Gasteiger partial charge in [-0.1, -0.05) is 28.1 Å². The van der Waals surface area contributed by atoms with Gasteiger partial charge in [-0.15, -0.1) is 0 Å². The molecule has 0 aromatic heterocycles. The number of aliphatic hydroxyl groups is 1. The highest BCUT2D eigenvalue weighted by Gasteiger charge is 2.06. The number of hydrogen-bond acceptors (Lipinski definition) is 2. The average molecular weight is 258 g/mol. The van der Waals surface area contributed by atoms with E-state index in [1.54, 1.807) is 0 Å². The lowest BCUT2D eigenvalue weighted by molar-refractivity contribution is 0.230. The van der Waals surface area contributed by atoms with Crippen LogP contribution in [-0.2, 0) is 6.42 Å². The van der Waals surface area contributed by atoms with Crippen LogP contribution in [0.15, 0.2) is 22.7 Å². The number of benzene rings is 1. The first-order valence-electron chi connectivity index (χ1n) is 4.73. The van der Waals surface area contributed by atoms with E-state index in [9.17, 15) is 0 Å². The van der Waals surface area contributed by atoms with Crippen molar-refractivity contribution in [1.29, 1.82) is 0 Å². The van der Waals surface area contributed by atoms with E-state index in [1.807, 2.05) is 0 Å². The highest BCUT2D eigenvalue weighted by atomic mass is 79.9. The molecule has 1 atom stereocenters. The molecule has 0 aliphatic heterocycles. The molecule has 0 aliphatic rings. The minimum Gasteiger partial charge on any atom is -0.396 e. The van der Waals surface area contributed by atoms with E-state index in [2.05, 4.69) is 41.1 Å². The summed E-state index contributed by atoms with van der Waals surface area (Å²) in [5, 5.41) is 9.02. The molecule has 0 radical (unpaired) electrons. The fourth-order valence-corrected chi connectivity index (χ4v) is 1.75. The largest absolute Gasteiger partial charge is 0.396 e. The minimum atomic E-state index is 0.155. The molecule has 3 heteroatoms. The first-order chi connectivity index (χ1) is 6.67. The summed E-state index contributed by atoms with van der Waals surface area (Å²) in [5.41, 5.74) is 7.97. The van der Waals surface area contributed by atoms with Crippen molar-refractivity contribution in [2.24, 2.45) is 11.7 Å². The van der Waals surface area contributed by atoms with Crippen molar-refractivity contribution in [2.45, 2.75) is 13.3 Å². The van der Waals surface area contributed by atoms with Crippen LogP contribution in [0.4, 0.5) is 0 Å². The predicted molar refractivity (Wildman–Crippen MR) is 62.2 cm³/mol. The van der Waals surface area contributed by atoms with Gasteiger partial charge in [-0.2, -0.15) is 0 Å². The maximum atomic E-state index is 9.02. The van der Waals surface area contributed by atoms with Gasteiger partial charge in [0.05, 0.1) is 0 Å². The Morgan fingerprint density at radius 3 is 2.71 bits per heavy atom. The lowest BCUT2D eigenvalue weighted by Gasteiger charge is -2.11. The Bertz CT molecular complexity index is 297. The van der Waals surface area contributed by atoms with Gasteiger partial charge in [-0.25, -0.2) is 0 Å². The summed E-state index contributed by atoms with van der Waals surface area (Å²) in [6, 6.07) is 6.25. The summed E-state index contributed by atoms with van der Waals surface area (Å²) in [7, 11) is 0. The van der Waals surface area contributed by atoms with Crippen LogP contribution in [0.1, 0.15) is 11.1 Å². The van der Waals surface area contributed by atoms with Gasteiger partial charge in [-0.05, 0) is 43.0 Å². The quantitative estimate of drug-likeness (QED) is 0.866. The van der Waals surface area contributed by atoms with Gasteiger partial charge in [0.2, 0.25) is 0 Å². The fourth-order valence-electron chi connectivity index (χ4n) is 1.32. The topological polar surface area (TPSA) is 46.2 Å². The number of nitrogens with two attached hydrogens (primary N) is 1. The predicted octanol–water partition coefficient (Wildman–Crippen LogP) is 1.87. The number of halogens is 1. The van der Waals surface area contributed by atoms with Crippen LogP contribution in [0.25, 0.3) is 0 Å². The summed E-state index contributed by atoms with van der Waals surface area (Å²) < 4.78 is 1.11. The van der Waals surface area contributed by atoms with Gasteiger partial charge in [0, 0.05) is 11.1 Å². The molecule has 3 N–H and O–H groups in total. The third kappa shape index (κ3) is 3.08. The number of aliphatic hydroxyl groups excluding tert-OH is 1. The monoisotopic (exact) mass is 257 g/mol. The van der Waals surface area contributed by atoms with E-state index in [0.29, 0.717) is 6.54 Å². The standard InChI is InChI=1S/C11H16BrNO/c1-8-2-3-9(5-11(8)12)4-10(6-13)7-14/h2-3,5,10,14H,4,6-7,13H2,1H3/t10-/m1/s1. The number of rotatable bonds is 4. The van der Waals surface area contributed by atoms with Crippen LogP contribution in [0, 0.1) is 12.8 Å². The number of aryl methyl sites for hydroxylation is 1. The van der Waals surface area contributed by atoms with Crippen LogP contribution >= 0.6 is 15.9 Å². The molecule has 0 aliphatic carbocycles. The van der Waals surface area contributed by atoms with Crippen LogP contribution in [0.5, 0.6) is 0 Å². The Hall–Kier alpha value is -0.380. The summed E-state index contributed by atoms with van der Waals surface area (Å²) in [6.07, 6.45) is 0.839. The smallest absolute Gasteiger partial charge is 0.0474 e. The Morgan fingerprint density at radius 1 is 1.50 bits per heavy atom. The summed E-state index contributed by atoms with van der Waals surface area (Å²) in [6.45, 7) is 2.74. The molecule has 2 nitrogen and oxygen atoms in total. The van der Waals surface area contributed by atoms with Crippen molar-refractivity contribution in [3.8, 4) is 0 Å². The van der Waals surface area contributed by atoms with Crippen molar-refractivity contribution in [3.05, 3.63) is 33.8 Å². The van der Waals surface area contributed by atoms with E-state index in [-0.39, 0.29) is 12.5 Å². The van der Waals surface area contributed by atoms with Crippen LogP contribution in [0.2, 0.25) is 0 Å². The van der Waals surface area contributed by atoms with E-state index >= 15 is 0 Å². The van der Waals surface area contributed by atoms with Crippen LogP contribution in [-0.4, -0.2) is 18.3 Å². The molecule has 0 spiro atoms. The molecule has 78 valence electrons. The van der Waals surface area contributed by atoms with Crippen molar-refractivity contribution < 1.29 is 5.11 Å². The second kappa shape index (κ2) is 5.49. The molecule has 0 unspecified atom stereocenters. The zero-order valence-electron chi connectivity index (χ0n) is 8.33. The SMILES string of the molecule is Cc1ccc(C[C@H](CN)CO)cc1Br. The van der Waals surface area contributed by atoms with E-state index in [0.717, 1.165) is 10.9 Å². The lowest BCUT2D eigenvalue weighted by atomic mass is 9.99. The molecule has 1 aromatic rings. The highest BCUT2D eigenvalue weighted by Crippen LogP contribution is 2.19. The van der Waals surface area contributed by atoms with E-state index < -0.39 is 0 Å². The Morgan fingerprint density at radius 2 is 2.21 bits per heavy atom. The molecule has 1 aromatic carbocycles. The normalized spacial score (nSPS) is 12.9. The van der Waals surface area contributed by atoms with Gasteiger partial charge in [-0.3, -0.25) is 0 Å². The maximum Gasteiger partial charge on any atom is 0.0474 e. The van der Waals surface area contributed by atoms with Gasteiger partial charge in [0.25, 0.3) is 0 Å². The maximum absolute atomic E-state index is 9.02. The molecular weight excluding hydrogens is 242 g/mol. The van der Waals surface area contributed by atoms with Crippen molar-refractivity contribution in [2.75, 3.05) is 13.2 Å². The van der Waals surface area contributed by atoms with Gasteiger partial charge < -0.3 is 10.8 Å². The molecule has 14 heavy (non-hydrogen) atoms. The Kier molecular flexibility index (Phi) is 4.58. The Balaban J connectivity index is 2.72. The average Bonchev–Trinajstić information content (AvgIpc) is 2.19. The van der Waals surface area contributed by atoms with Gasteiger partial charge >= 0.3 is 0 Å². The van der Waals surface area contributed by atoms with Gasteiger partial charge in [0.15, 0.2) is 0 Å². The minimum absolute atomic E-state index is 0.155. The van der Waals surface area contributed by atoms with Crippen LogP contribution < -0.4 is 5.73 Å². The summed E-state index contributed by atoms with van der Waals surface area (Å²) in [5.74, 6) is 0.171. The Labute approximate surface area is 93.3 Å². The molecule has 0 saturated carbocycles. The van der Waals surface area contributed by atoms with Crippen molar-refractivity contribution in [1.82, 2.24) is 0 Å².